The number of fused-ring (bicyclic) bond motifs is 1. The molecule has 1 atom stereocenters. The van der Waals surface area contributed by atoms with Crippen molar-refractivity contribution in [1.29, 1.82) is 0 Å². The number of hydrogen-bond donors (Lipinski definition) is 0. The predicted molar refractivity (Wildman–Crippen MR) is 97.3 cm³/mol. The van der Waals surface area contributed by atoms with E-state index in [2.05, 4.69) is 58.9 Å². The van der Waals surface area contributed by atoms with Crippen LogP contribution >= 0.6 is 0 Å². The molecule has 0 radical (unpaired) electrons. The van der Waals surface area contributed by atoms with E-state index in [1.165, 1.54) is 30.4 Å². The van der Waals surface area contributed by atoms with E-state index in [4.69, 9.17) is 4.42 Å². The molecule has 0 bridgehead atoms. The minimum atomic E-state index is 0.269. The molecule has 1 heteroatoms. The third-order valence-electron chi connectivity index (χ3n) is 6.10. The van der Waals surface area contributed by atoms with Crippen LogP contribution in [0.3, 0.4) is 0 Å². The first-order valence-electron chi connectivity index (χ1n) is 8.95. The SMILES string of the molecule is CCC1(C)CCC(C)(C)c2cc(Cc3ccc(C)o3)c(C)cc21. The summed E-state index contributed by atoms with van der Waals surface area (Å²) in [5, 5.41) is 0. The van der Waals surface area contributed by atoms with Crippen molar-refractivity contribution in [3.63, 3.8) is 0 Å². The molecule has 0 amide bonds. The molecule has 23 heavy (non-hydrogen) atoms. The fraction of sp³-hybridized carbons (Fsp3) is 0.545. The van der Waals surface area contributed by atoms with Crippen molar-refractivity contribution in [3.05, 3.63) is 58.0 Å². The number of hydrogen-bond acceptors (Lipinski definition) is 1. The van der Waals surface area contributed by atoms with Crippen LogP contribution in [0, 0.1) is 13.8 Å². The summed E-state index contributed by atoms with van der Waals surface area (Å²) in [5.74, 6) is 2.06. The molecule has 1 heterocycles. The smallest absolute Gasteiger partial charge is 0.108 e. The molecule has 124 valence electrons. The van der Waals surface area contributed by atoms with Gasteiger partial charge in [0.15, 0.2) is 0 Å². The number of benzene rings is 1. The second kappa shape index (κ2) is 5.54. The molecule has 0 aliphatic heterocycles. The maximum absolute atomic E-state index is 5.80. The van der Waals surface area contributed by atoms with Gasteiger partial charge in [0.05, 0.1) is 0 Å². The maximum Gasteiger partial charge on any atom is 0.108 e. The van der Waals surface area contributed by atoms with Crippen molar-refractivity contribution in [3.8, 4) is 0 Å². The van der Waals surface area contributed by atoms with Crippen molar-refractivity contribution in [2.75, 3.05) is 0 Å². The molecule has 1 aliphatic carbocycles. The molecule has 1 aliphatic rings. The molecular formula is C22H30O. The highest BCUT2D eigenvalue weighted by atomic mass is 16.3. The van der Waals surface area contributed by atoms with Crippen molar-refractivity contribution in [2.45, 2.75) is 78.1 Å². The monoisotopic (exact) mass is 310 g/mol. The topological polar surface area (TPSA) is 13.1 Å². The summed E-state index contributed by atoms with van der Waals surface area (Å²) in [6.45, 7) is 13.8. The van der Waals surface area contributed by atoms with Gasteiger partial charge < -0.3 is 4.42 Å². The number of rotatable bonds is 3. The zero-order valence-corrected chi connectivity index (χ0v) is 15.5. The van der Waals surface area contributed by atoms with E-state index >= 15 is 0 Å². The van der Waals surface area contributed by atoms with Gasteiger partial charge in [0.1, 0.15) is 11.5 Å². The Labute approximate surface area is 141 Å². The number of aryl methyl sites for hydroxylation is 2. The minimum absolute atomic E-state index is 0.269. The molecule has 0 fully saturated rings. The van der Waals surface area contributed by atoms with Crippen LogP contribution in [0.4, 0.5) is 0 Å². The average Bonchev–Trinajstić information content (AvgIpc) is 2.90. The summed E-state index contributed by atoms with van der Waals surface area (Å²) >= 11 is 0. The standard InChI is InChI=1S/C22H30O/c1-7-22(6)11-10-21(4,5)19-14-17(15(2)12-20(19)22)13-18-9-8-16(3)23-18/h8-9,12,14H,7,10-11,13H2,1-6H3. The molecule has 1 nitrogen and oxygen atoms in total. The predicted octanol–water partition coefficient (Wildman–Crippen LogP) is 6.23. The minimum Gasteiger partial charge on any atom is -0.466 e. The van der Waals surface area contributed by atoms with Gasteiger partial charge in [-0.3, -0.25) is 0 Å². The second-order valence-electron chi connectivity index (χ2n) is 8.31. The average molecular weight is 310 g/mol. The maximum atomic E-state index is 5.80. The fourth-order valence-corrected chi connectivity index (χ4v) is 4.00. The molecule has 3 rings (SSSR count). The van der Waals surface area contributed by atoms with Crippen LogP contribution in [0.25, 0.3) is 0 Å². The van der Waals surface area contributed by atoms with Gasteiger partial charge in [-0.2, -0.15) is 0 Å². The third kappa shape index (κ3) is 2.86. The van der Waals surface area contributed by atoms with Gasteiger partial charge in [-0.25, -0.2) is 0 Å². The Hall–Kier alpha value is -1.50. The van der Waals surface area contributed by atoms with Crippen molar-refractivity contribution >= 4 is 0 Å². The molecule has 0 saturated carbocycles. The van der Waals surface area contributed by atoms with Gasteiger partial charge in [-0.05, 0) is 78.3 Å². The first-order valence-corrected chi connectivity index (χ1v) is 8.95. The lowest BCUT2D eigenvalue weighted by Crippen LogP contribution is -2.35. The Morgan fingerprint density at radius 3 is 2.35 bits per heavy atom. The molecule has 1 unspecified atom stereocenters. The highest BCUT2D eigenvalue weighted by molar-refractivity contribution is 5.48. The Morgan fingerprint density at radius 2 is 1.74 bits per heavy atom. The van der Waals surface area contributed by atoms with Crippen LogP contribution in [0.15, 0.2) is 28.7 Å². The van der Waals surface area contributed by atoms with Gasteiger partial charge >= 0.3 is 0 Å². The van der Waals surface area contributed by atoms with E-state index in [1.807, 2.05) is 6.92 Å². The van der Waals surface area contributed by atoms with E-state index in [0.29, 0.717) is 5.41 Å². The Morgan fingerprint density at radius 1 is 1.00 bits per heavy atom. The summed E-state index contributed by atoms with van der Waals surface area (Å²) < 4.78 is 5.80. The quantitative estimate of drug-likeness (QED) is 0.655. The van der Waals surface area contributed by atoms with Crippen molar-refractivity contribution < 1.29 is 4.42 Å². The Bertz CT molecular complexity index is 720. The zero-order chi connectivity index (χ0) is 16.8. The lowest BCUT2D eigenvalue weighted by Gasteiger charge is -2.44. The second-order valence-corrected chi connectivity index (χ2v) is 8.31. The van der Waals surface area contributed by atoms with Crippen LogP contribution in [-0.4, -0.2) is 0 Å². The summed E-state index contributed by atoms with van der Waals surface area (Å²) in [5.41, 5.74) is 6.54. The lowest BCUT2D eigenvalue weighted by atomic mass is 9.61. The molecule has 0 spiro atoms. The summed E-state index contributed by atoms with van der Waals surface area (Å²) in [4.78, 5) is 0. The van der Waals surface area contributed by atoms with Crippen LogP contribution in [0.5, 0.6) is 0 Å². The van der Waals surface area contributed by atoms with E-state index in [0.717, 1.165) is 17.9 Å². The fourth-order valence-electron chi connectivity index (χ4n) is 4.00. The van der Waals surface area contributed by atoms with Crippen LogP contribution in [-0.2, 0) is 17.3 Å². The summed E-state index contributed by atoms with van der Waals surface area (Å²) in [6, 6.07) is 9.09. The van der Waals surface area contributed by atoms with Gasteiger partial charge in [0.2, 0.25) is 0 Å². The third-order valence-corrected chi connectivity index (χ3v) is 6.10. The van der Waals surface area contributed by atoms with Crippen LogP contribution in [0.1, 0.15) is 80.7 Å². The first-order chi connectivity index (χ1) is 10.7. The number of furan rings is 1. The van der Waals surface area contributed by atoms with Crippen LogP contribution in [0.2, 0.25) is 0 Å². The summed E-state index contributed by atoms with van der Waals surface area (Å²) in [7, 11) is 0. The van der Waals surface area contributed by atoms with Crippen molar-refractivity contribution in [2.24, 2.45) is 0 Å². The van der Waals surface area contributed by atoms with Gasteiger partial charge in [-0.1, -0.05) is 39.8 Å². The molecule has 0 saturated heterocycles. The van der Waals surface area contributed by atoms with Gasteiger partial charge in [0.25, 0.3) is 0 Å². The van der Waals surface area contributed by atoms with E-state index in [-0.39, 0.29) is 5.41 Å². The lowest BCUT2D eigenvalue weighted by molar-refractivity contribution is 0.304. The van der Waals surface area contributed by atoms with E-state index < -0.39 is 0 Å². The highest BCUT2D eigenvalue weighted by Crippen LogP contribution is 2.48. The Balaban J connectivity index is 2.08. The molecule has 0 N–H and O–H groups in total. The molecule has 2 aromatic rings. The van der Waals surface area contributed by atoms with Gasteiger partial charge in [-0.15, -0.1) is 0 Å². The largest absolute Gasteiger partial charge is 0.466 e. The zero-order valence-electron chi connectivity index (χ0n) is 15.5. The van der Waals surface area contributed by atoms with Gasteiger partial charge in [0, 0.05) is 6.42 Å². The highest BCUT2D eigenvalue weighted by Gasteiger charge is 2.39. The van der Waals surface area contributed by atoms with Crippen molar-refractivity contribution in [1.82, 2.24) is 0 Å². The van der Waals surface area contributed by atoms with E-state index in [1.54, 1.807) is 11.1 Å². The summed E-state index contributed by atoms with van der Waals surface area (Å²) in [6.07, 6.45) is 4.67. The first kappa shape index (κ1) is 16.4. The molecular weight excluding hydrogens is 280 g/mol. The normalized spacial score (nSPS) is 22.9. The van der Waals surface area contributed by atoms with Crippen LogP contribution < -0.4 is 0 Å². The molecule has 1 aromatic heterocycles. The molecule has 1 aromatic carbocycles. The van der Waals surface area contributed by atoms with E-state index in [9.17, 15) is 0 Å². The Kier molecular flexibility index (Phi) is 3.94.